The van der Waals surface area contributed by atoms with Crippen molar-refractivity contribution in [2.75, 3.05) is 13.7 Å². The van der Waals surface area contributed by atoms with Crippen molar-refractivity contribution in [1.29, 1.82) is 0 Å². The molecule has 1 saturated carbocycles. The van der Waals surface area contributed by atoms with Gasteiger partial charge in [-0.05, 0) is 38.0 Å². The molecule has 0 aromatic heterocycles. The summed E-state index contributed by atoms with van der Waals surface area (Å²) in [6.45, 7) is 1.04. The van der Waals surface area contributed by atoms with E-state index in [-0.39, 0.29) is 17.7 Å². The van der Waals surface area contributed by atoms with Crippen LogP contribution in [0.3, 0.4) is 0 Å². The second kappa shape index (κ2) is 9.23. The number of nitrogens with one attached hydrogen (secondary N) is 1. The largest absolute Gasteiger partial charge is 0.493 e. The molecule has 1 aliphatic carbocycles. The number of carbonyl (C=O) groups excluding carboxylic acids is 3. The summed E-state index contributed by atoms with van der Waals surface area (Å²) in [5.41, 5.74) is 1.06. The van der Waals surface area contributed by atoms with Crippen LogP contribution in [0, 0.1) is 0 Å². The molecule has 1 atom stereocenters. The maximum absolute atomic E-state index is 12.5. The first kappa shape index (κ1) is 20.4. The number of hydrogen-bond acceptors (Lipinski definition) is 6. The molecule has 1 N–H and O–H groups in total. The first-order valence-corrected chi connectivity index (χ1v) is 9.34. The Morgan fingerprint density at radius 3 is 2.41 bits per heavy atom. The van der Waals surface area contributed by atoms with Crippen LogP contribution in [0.5, 0.6) is 11.5 Å². The van der Waals surface area contributed by atoms with Crippen LogP contribution in [0.2, 0.25) is 0 Å². The number of benzene rings is 2. The van der Waals surface area contributed by atoms with Gasteiger partial charge in [0.2, 0.25) is 6.10 Å². The normalized spacial score (nSPS) is 13.9. The number of esters is 1. The minimum atomic E-state index is -1.05. The van der Waals surface area contributed by atoms with E-state index in [1.807, 2.05) is 6.07 Å². The van der Waals surface area contributed by atoms with E-state index >= 15 is 0 Å². The zero-order valence-electron chi connectivity index (χ0n) is 16.3. The standard InChI is InChI=1S/C22H23NO6/c1-14(24)16-8-11-18(19(12-16)27-2)28-13-20(25)29-21(15-6-4-3-5-7-15)22(26)23-17-9-10-17/h3-8,11-12,17,21H,9-10,13H2,1-2H3,(H,23,26)/t21-/m0/s1. The molecule has 1 fully saturated rings. The second-order valence-electron chi connectivity index (χ2n) is 6.77. The highest BCUT2D eigenvalue weighted by Crippen LogP contribution is 2.28. The molecule has 0 aliphatic heterocycles. The summed E-state index contributed by atoms with van der Waals surface area (Å²) in [7, 11) is 1.44. The van der Waals surface area contributed by atoms with Crippen LogP contribution in [-0.4, -0.2) is 37.4 Å². The Bertz CT molecular complexity index is 891. The van der Waals surface area contributed by atoms with Crippen LogP contribution >= 0.6 is 0 Å². The molecule has 0 bridgehead atoms. The van der Waals surface area contributed by atoms with Crippen LogP contribution in [0.1, 0.15) is 41.8 Å². The van der Waals surface area contributed by atoms with E-state index in [2.05, 4.69) is 5.32 Å². The topological polar surface area (TPSA) is 90.9 Å². The quantitative estimate of drug-likeness (QED) is 0.517. The number of amides is 1. The molecule has 0 heterocycles. The van der Waals surface area contributed by atoms with Gasteiger partial charge in [0.1, 0.15) is 0 Å². The van der Waals surface area contributed by atoms with E-state index in [1.165, 1.54) is 14.0 Å². The molecule has 29 heavy (non-hydrogen) atoms. The van der Waals surface area contributed by atoms with Crippen molar-refractivity contribution in [2.45, 2.75) is 31.9 Å². The number of rotatable bonds is 9. The molecule has 2 aromatic rings. The maximum Gasteiger partial charge on any atom is 0.345 e. The molecule has 7 heteroatoms. The van der Waals surface area contributed by atoms with Crippen LogP contribution in [0.25, 0.3) is 0 Å². The molecule has 0 unspecified atom stereocenters. The summed E-state index contributed by atoms with van der Waals surface area (Å²) in [5.74, 6) is -0.524. The fourth-order valence-corrected chi connectivity index (χ4v) is 2.71. The highest BCUT2D eigenvalue weighted by molar-refractivity contribution is 5.94. The van der Waals surface area contributed by atoms with Crippen molar-refractivity contribution >= 4 is 17.7 Å². The zero-order chi connectivity index (χ0) is 20.8. The monoisotopic (exact) mass is 397 g/mol. The Labute approximate surface area is 169 Å². The predicted octanol–water partition coefficient (Wildman–Crippen LogP) is 2.84. The van der Waals surface area contributed by atoms with Crippen molar-refractivity contribution < 1.29 is 28.6 Å². The van der Waals surface area contributed by atoms with E-state index in [1.54, 1.807) is 42.5 Å². The lowest BCUT2D eigenvalue weighted by Gasteiger charge is -2.18. The molecule has 1 aliphatic rings. The SMILES string of the molecule is COc1cc(C(C)=O)ccc1OCC(=O)O[C@H](C(=O)NC1CC1)c1ccccc1. The average Bonchev–Trinajstić information content (AvgIpc) is 3.54. The fourth-order valence-electron chi connectivity index (χ4n) is 2.71. The van der Waals surface area contributed by atoms with Gasteiger partial charge in [0, 0.05) is 17.2 Å². The second-order valence-corrected chi connectivity index (χ2v) is 6.77. The summed E-state index contributed by atoms with van der Waals surface area (Å²) < 4.78 is 16.1. The van der Waals surface area contributed by atoms with Crippen molar-refractivity contribution in [3.63, 3.8) is 0 Å². The third-order valence-electron chi connectivity index (χ3n) is 4.43. The number of ketones is 1. The molecular weight excluding hydrogens is 374 g/mol. The van der Waals surface area contributed by atoms with Crippen LogP contribution in [-0.2, 0) is 14.3 Å². The molecular formula is C22H23NO6. The molecule has 1 amide bonds. The molecule has 0 spiro atoms. The summed E-state index contributed by atoms with van der Waals surface area (Å²) in [6.07, 6.45) is 0.815. The van der Waals surface area contributed by atoms with Crippen LogP contribution in [0.15, 0.2) is 48.5 Å². The van der Waals surface area contributed by atoms with Gasteiger partial charge in [-0.2, -0.15) is 0 Å². The molecule has 0 saturated heterocycles. The van der Waals surface area contributed by atoms with E-state index < -0.39 is 18.7 Å². The summed E-state index contributed by atoms with van der Waals surface area (Å²) in [6, 6.07) is 13.7. The van der Waals surface area contributed by atoms with Crippen LogP contribution in [0.4, 0.5) is 0 Å². The minimum Gasteiger partial charge on any atom is -0.493 e. The molecule has 3 rings (SSSR count). The Morgan fingerprint density at radius 2 is 1.79 bits per heavy atom. The summed E-state index contributed by atoms with van der Waals surface area (Å²) in [5, 5.41) is 2.86. The van der Waals surface area contributed by atoms with Crippen molar-refractivity contribution in [1.82, 2.24) is 5.32 Å². The number of methoxy groups -OCH3 is 1. The van der Waals surface area contributed by atoms with Gasteiger partial charge >= 0.3 is 5.97 Å². The van der Waals surface area contributed by atoms with E-state index in [0.717, 1.165) is 12.8 Å². The van der Waals surface area contributed by atoms with E-state index in [0.29, 0.717) is 22.6 Å². The molecule has 7 nitrogen and oxygen atoms in total. The van der Waals surface area contributed by atoms with E-state index in [9.17, 15) is 14.4 Å². The number of hydrogen-bond donors (Lipinski definition) is 1. The minimum absolute atomic E-state index is 0.110. The third-order valence-corrected chi connectivity index (χ3v) is 4.43. The lowest BCUT2D eigenvalue weighted by Crippen LogP contribution is -2.34. The Kier molecular flexibility index (Phi) is 6.49. The van der Waals surface area contributed by atoms with Gasteiger partial charge in [-0.15, -0.1) is 0 Å². The van der Waals surface area contributed by atoms with Crippen LogP contribution < -0.4 is 14.8 Å². The van der Waals surface area contributed by atoms with Gasteiger partial charge in [-0.3, -0.25) is 9.59 Å². The van der Waals surface area contributed by atoms with Gasteiger partial charge in [-0.1, -0.05) is 30.3 Å². The predicted molar refractivity (Wildman–Crippen MR) is 105 cm³/mol. The smallest absolute Gasteiger partial charge is 0.345 e. The molecule has 0 radical (unpaired) electrons. The number of Topliss-reactive ketones (excluding diaryl/α,β-unsaturated/α-hetero) is 1. The van der Waals surface area contributed by atoms with Crippen molar-refractivity contribution in [3.05, 3.63) is 59.7 Å². The summed E-state index contributed by atoms with van der Waals surface area (Å²) in [4.78, 5) is 36.4. The summed E-state index contributed by atoms with van der Waals surface area (Å²) >= 11 is 0. The Morgan fingerprint density at radius 1 is 1.07 bits per heavy atom. The average molecular weight is 397 g/mol. The zero-order valence-corrected chi connectivity index (χ0v) is 16.3. The molecule has 152 valence electrons. The number of ether oxygens (including phenoxy) is 3. The maximum atomic E-state index is 12.5. The Hall–Kier alpha value is -3.35. The molecule has 2 aromatic carbocycles. The Balaban J connectivity index is 1.65. The van der Waals surface area contributed by atoms with Crippen molar-refractivity contribution in [2.24, 2.45) is 0 Å². The van der Waals surface area contributed by atoms with Gasteiger partial charge in [0.05, 0.1) is 7.11 Å². The lowest BCUT2D eigenvalue weighted by molar-refractivity contribution is -0.158. The van der Waals surface area contributed by atoms with Gasteiger partial charge in [-0.25, -0.2) is 4.79 Å². The van der Waals surface area contributed by atoms with Gasteiger partial charge in [0.25, 0.3) is 5.91 Å². The highest BCUT2D eigenvalue weighted by atomic mass is 16.6. The number of carbonyl (C=O) groups is 3. The third kappa shape index (κ3) is 5.57. The highest BCUT2D eigenvalue weighted by Gasteiger charge is 2.30. The fraction of sp³-hybridized carbons (Fsp3) is 0.318. The van der Waals surface area contributed by atoms with E-state index in [4.69, 9.17) is 14.2 Å². The van der Waals surface area contributed by atoms with Gasteiger partial charge < -0.3 is 19.5 Å². The first-order valence-electron chi connectivity index (χ1n) is 9.34. The van der Waals surface area contributed by atoms with Crippen molar-refractivity contribution in [3.8, 4) is 11.5 Å². The first-order chi connectivity index (χ1) is 14.0. The van der Waals surface area contributed by atoms with Gasteiger partial charge in [0.15, 0.2) is 23.9 Å². The lowest BCUT2D eigenvalue weighted by atomic mass is 10.1.